The van der Waals surface area contributed by atoms with Crippen LogP contribution >= 0.6 is 0 Å². The number of anilines is 2. The molecule has 4 heterocycles. The van der Waals surface area contributed by atoms with Gasteiger partial charge in [0.25, 0.3) is 5.56 Å². The molecule has 4 aromatic rings. The van der Waals surface area contributed by atoms with Crippen LogP contribution < -0.4 is 16.2 Å². The summed E-state index contributed by atoms with van der Waals surface area (Å²) < 4.78 is 3.74. The van der Waals surface area contributed by atoms with E-state index in [2.05, 4.69) is 79.5 Å². The molecule has 0 radical (unpaired) electrons. The standard InChI is InChI=1S/C28H34N6O/c1-7-33-26(35)21-16-31-25(32-19-8-9-22-18(12-19)15-29-17-28(22,5)6)14-23(21)34(33)20-10-11-30-24(13-20)27(2,3)4/h8-14,16,29H,7,15,17H2,1-6H3,(H,31,32). The van der Waals surface area contributed by atoms with Crippen molar-refractivity contribution in [2.45, 2.75) is 65.5 Å². The molecule has 1 aliphatic rings. The maximum atomic E-state index is 13.2. The van der Waals surface area contributed by atoms with E-state index in [1.54, 1.807) is 10.9 Å². The number of hydrogen-bond donors (Lipinski definition) is 2. The van der Waals surface area contributed by atoms with E-state index in [0.29, 0.717) is 17.7 Å². The van der Waals surface area contributed by atoms with Crippen LogP contribution in [0.1, 0.15) is 58.4 Å². The molecule has 0 aliphatic carbocycles. The van der Waals surface area contributed by atoms with Gasteiger partial charge >= 0.3 is 0 Å². The van der Waals surface area contributed by atoms with Crippen LogP contribution in [0.4, 0.5) is 11.5 Å². The number of fused-ring (bicyclic) bond motifs is 2. The molecule has 1 aliphatic heterocycles. The highest BCUT2D eigenvalue weighted by atomic mass is 16.1. The minimum Gasteiger partial charge on any atom is -0.340 e. The van der Waals surface area contributed by atoms with Gasteiger partial charge in [0.15, 0.2) is 0 Å². The first-order valence-corrected chi connectivity index (χ1v) is 12.3. The van der Waals surface area contributed by atoms with Crippen LogP contribution in [0.15, 0.2) is 53.6 Å². The second-order valence-electron chi connectivity index (χ2n) is 11.1. The van der Waals surface area contributed by atoms with Crippen molar-refractivity contribution < 1.29 is 0 Å². The van der Waals surface area contributed by atoms with Crippen molar-refractivity contribution in [3.8, 4) is 5.69 Å². The summed E-state index contributed by atoms with van der Waals surface area (Å²) in [5.74, 6) is 0.701. The molecule has 0 amide bonds. The second-order valence-corrected chi connectivity index (χ2v) is 11.1. The fraction of sp³-hybridized carbons (Fsp3) is 0.393. The fourth-order valence-electron chi connectivity index (χ4n) is 4.97. The predicted molar refractivity (Wildman–Crippen MR) is 142 cm³/mol. The highest BCUT2D eigenvalue weighted by Crippen LogP contribution is 2.32. The van der Waals surface area contributed by atoms with E-state index in [0.717, 1.165) is 35.7 Å². The summed E-state index contributed by atoms with van der Waals surface area (Å²) >= 11 is 0. The van der Waals surface area contributed by atoms with Crippen LogP contribution in [0.3, 0.4) is 0 Å². The molecule has 1 aromatic carbocycles. The van der Waals surface area contributed by atoms with Crippen LogP contribution in [0.25, 0.3) is 16.6 Å². The Hall–Kier alpha value is -3.45. The molecule has 3 aromatic heterocycles. The molecule has 0 bridgehead atoms. The fourth-order valence-corrected chi connectivity index (χ4v) is 4.97. The van der Waals surface area contributed by atoms with Crippen molar-refractivity contribution in [2.24, 2.45) is 0 Å². The molecule has 35 heavy (non-hydrogen) atoms. The van der Waals surface area contributed by atoms with Gasteiger partial charge in [0.05, 0.1) is 16.6 Å². The minimum absolute atomic E-state index is 0.0437. The lowest BCUT2D eigenvalue weighted by molar-refractivity contribution is 0.435. The van der Waals surface area contributed by atoms with Gasteiger partial charge in [-0.2, -0.15) is 0 Å². The number of hydrogen-bond acceptors (Lipinski definition) is 5. The van der Waals surface area contributed by atoms with E-state index in [9.17, 15) is 4.79 Å². The second kappa shape index (κ2) is 8.34. The lowest BCUT2D eigenvalue weighted by Crippen LogP contribution is -2.38. The molecule has 0 saturated carbocycles. The zero-order chi connectivity index (χ0) is 25.0. The van der Waals surface area contributed by atoms with Gasteiger partial charge in [-0.25, -0.2) is 14.3 Å². The zero-order valence-corrected chi connectivity index (χ0v) is 21.4. The molecule has 5 rings (SSSR count). The summed E-state index contributed by atoms with van der Waals surface area (Å²) in [6.07, 6.45) is 3.49. The summed E-state index contributed by atoms with van der Waals surface area (Å²) in [5, 5.41) is 7.57. The Morgan fingerprint density at radius 2 is 1.91 bits per heavy atom. The number of benzene rings is 1. The molecular formula is C28H34N6O. The molecule has 0 atom stereocenters. The first kappa shape index (κ1) is 23.3. The van der Waals surface area contributed by atoms with Crippen LogP contribution in [-0.4, -0.2) is 25.9 Å². The average Bonchev–Trinajstić information content (AvgIpc) is 3.09. The number of nitrogens with one attached hydrogen (secondary N) is 2. The van der Waals surface area contributed by atoms with Gasteiger partial charge < -0.3 is 10.6 Å². The Labute approximate surface area is 206 Å². The molecule has 0 saturated heterocycles. The molecule has 7 heteroatoms. The third-order valence-corrected chi connectivity index (χ3v) is 6.86. The van der Waals surface area contributed by atoms with E-state index in [1.165, 1.54) is 11.1 Å². The summed E-state index contributed by atoms with van der Waals surface area (Å²) in [5.41, 5.74) is 6.35. The molecule has 7 nitrogen and oxygen atoms in total. The average molecular weight is 471 g/mol. The third kappa shape index (κ3) is 4.14. The van der Waals surface area contributed by atoms with E-state index in [-0.39, 0.29) is 16.4 Å². The third-order valence-electron chi connectivity index (χ3n) is 6.86. The van der Waals surface area contributed by atoms with Gasteiger partial charge in [0.1, 0.15) is 5.82 Å². The van der Waals surface area contributed by atoms with Crippen LogP contribution in [-0.2, 0) is 23.9 Å². The van der Waals surface area contributed by atoms with Crippen LogP contribution in [0, 0.1) is 0 Å². The topological polar surface area (TPSA) is 76.8 Å². The van der Waals surface area contributed by atoms with Crippen molar-refractivity contribution in [1.82, 2.24) is 24.6 Å². The Morgan fingerprint density at radius 3 is 2.66 bits per heavy atom. The quantitative estimate of drug-likeness (QED) is 0.438. The van der Waals surface area contributed by atoms with Gasteiger partial charge in [-0.15, -0.1) is 0 Å². The summed E-state index contributed by atoms with van der Waals surface area (Å²) in [6.45, 7) is 15.3. The number of rotatable bonds is 4. The molecular weight excluding hydrogens is 436 g/mol. The van der Waals surface area contributed by atoms with Gasteiger partial charge in [-0.1, -0.05) is 40.7 Å². The first-order valence-electron chi connectivity index (χ1n) is 12.3. The van der Waals surface area contributed by atoms with Crippen molar-refractivity contribution >= 4 is 22.4 Å². The zero-order valence-electron chi connectivity index (χ0n) is 21.4. The molecule has 0 fully saturated rings. The van der Waals surface area contributed by atoms with E-state index in [4.69, 9.17) is 0 Å². The predicted octanol–water partition coefficient (Wildman–Crippen LogP) is 5.02. The van der Waals surface area contributed by atoms with Crippen molar-refractivity contribution in [3.63, 3.8) is 0 Å². The van der Waals surface area contributed by atoms with Gasteiger partial charge in [0, 0.05) is 60.3 Å². The highest BCUT2D eigenvalue weighted by molar-refractivity contribution is 5.83. The van der Waals surface area contributed by atoms with Crippen LogP contribution in [0.2, 0.25) is 0 Å². The maximum absolute atomic E-state index is 13.2. The summed E-state index contributed by atoms with van der Waals surface area (Å²) in [7, 11) is 0. The lowest BCUT2D eigenvalue weighted by Gasteiger charge is -2.33. The maximum Gasteiger partial charge on any atom is 0.276 e. The minimum atomic E-state index is -0.0968. The van der Waals surface area contributed by atoms with Gasteiger partial charge in [-0.3, -0.25) is 9.78 Å². The Bertz CT molecular complexity index is 1470. The molecule has 2 N–H and O–H groups in total. The first-order chi connectivity index (χ1) is 16.6. The SMILES string of the molecule is CCn1c(=O)c2cnc(Nc3ccc4c(c3)CNCC4(C)C)cc2n1-c1ccnc(C(C)(C)C)c1. The summed E-state index contributed by atoms with van der Waals surface area (Å²) in [4.78, 5) is 22.3. The summed E-state index contributed by atoms with van der Waals surface area (Å²) in [6, 6.07) is 12.5. The van der Waals surface area contributed by atoms with Crippen LogP contribution in [0.5, 0.6) is 0 Å². The normalized spacial score (nSPS) is 15.3. The Morgan fingerprint density at radius 1 is 1.11 bits per heavy atom. The molecule has 182 valence electrons. The Balaban J connectivity index is 1.59. The lowest BCUT2D eigenvalue weighted by atomic mass is 9.79. The monoisotopic (exact) mass is 470 g/mol. The Kier molecular flexibility index (Phi) is 5.55. The van der Waals surface area contributed by atoms with E-state index < -0.39 is 0 Å². The van der Waals surface area contributed by atoms with Gasteiger partial charge in [0.2, 0.25) is 0 Å². The van der Waals surface area contributed by atoms with E-state index >= 15 is 0 Å². The van der Waals surface area contributed by atoms with Crippen molar-refractivity contribution in [2.75, 3.05) is 11.9 Å². The number of nitrogens with zero attached hydrogens (tertiary/aromatic N) is 4. The molecule has 0 unspecified atom stereocenters. The van der Waals surface area contributed by atoms with Gasteiger partial charge in [-0.05, 0) is 42.3 Å². The highest BCUT2D eigenvalue weighted by Gasteiger charge is 2.27. The molecule has 0 spiro atoms. The number of aromatic nitrogens is 4. The largest absolute Gasteiger partial charge is 0.340 e. The smallest absolute Gasteiger partial charge is 0.276 e. The van der Waals surface area contributed by atoms with E-state index in [1.807, 2.05) is 29.9 Å². The van der Waals surface area contributed by atoms with Crippen molar-refractivity contribution in [3.05, 3.63) is 76.0 Å². The number of pyridine rings is 2. The van der Waals surface area contributed by atoms with Crippen molar-refractivity contribution in [1.29, 1.82) is 0 Å².